The van der Waals surface area contributed by atoms with Crippen LogP contribution in [0.4, 0.5) is 0 Å². The number of aromatic nitrogens is 1. The number of nitrogens with two attached hydrogens (primary N) is 1. The molecular formula is C12H19N3S. The minimum Gasteiger partial charge on any atom is -0.329 e. The highest BCUT2D eigenvalue weighted by Gasteiger charge is 2.26. The maximum Gasteiger partial charge on any atom is 0.0489 e. The van der Waals surface area contributed by atoms with Crippen molar-refractivity contribution in [2.24, 2.45) is 5.73 Å². The monoisotopic (exact) mass is 237 g/mol. The van der Waals surface area contributed by atoms with Gasteiger partial charge in [0.25, 0.3) is 0 Å². The zero-order valence-electron chi connectivity index (χ0n) is 9.67. The Morgan fingerprint density at radius 3 is 3.19 bits per heavy atom. The minimum atomic E-state index is 0.324. The van der Waals surface area contributed by atoms with Gasteiger partial charge in [-0.15, -0.1) is 0 Å². The summed E-state index contributed by atoms with van der Waals surface area (Å²) < 4.78 is 0. The minimum absolute atomic E-state index is 0.324. The van der Waals surface area contributed by atoms with E-state index >= 15 is 0 Å². The van der Waals surface area contributed by atoms with Crippen LogP contribution in [0, 0.1) is 0 Å². The molecule has 0 aromatic carbocycles. The lowest BCUT2D eigenvalue weighted by atomic mass is 10.1. The molecule has 0 bridgehead atoms. The predicted molar refractivity (Wildman–Crippen MR) is 69.5 cm³/mol. The van der Waals surface area contributed by atoms with E-state index in [9.17, 15) is 0 Å². The average Bonchev–Trinajstić information content (AvgIpc) is 2.34. The topological polar surface area (TPSA) is 42.1 Å². The number of rotatable bonds is 3. The van der Waals surface area contributed by atoms with E-state index in [1.54, 1.807) is 0 Å². The highest BCUT2D eigenvalue weighted by atomic mass is 32.2. The molecule has 1 aromatic heterocycles. The first-order valence-electron chi connectivity index (χ1n) is 5.76. The van der Waals surface area contributed by atoms with Crippen molar-refractivity contribution in [3.63, 3.8) is 0 Å². The molecule has 1 aromatic rings. The summed E-state index contributed by atoms with van der Waals surface area (Å²) in [7, 11) is 0. The van der Waals surface area contributed by atoms with Crippen LogP contribution in [0.5, 0.6) is 0 Å². The lowest BCUT2D eigenvalue weighted by Crippen LogP contribution is -2.45. The Balaban J connectivity index is 2.15. The highest BCUT2D eigenvalue weighted by molar-refractivity contribution is 7.99. The summed E-state index contributed by atoms with van der Waals surface area (Å²) in [5, 5.41) is 0. The molecule has 0 spiro atoms. The van der Waals surface area contributed by atoms with Gasteiger partial charge in [-0.1, -0.05) is 6.07 Å². The van der Waals surface area contributed by atoms with Gasteiger partial charge in [0, 0.05) is 49.1 Å². The van der Waals surface area contributed by atoms with Crippen molar-refractivity contribution in [3.05, 3.63) is 30.1 Å². The highest BCUT2D eigenvalue weighted by Crippen LogP contribution is 2.26. The molecular weight excluding hydrogens is 218 g/mol. The second-order valence-electron chi connectivity index (χ2n) is 4.20. The lowest BCUT2D eigenvalue weighted by molar-refractivity contribution is 0.165. The van der Waals surface area contributed by atoms with Crippen LogP contribution in [0.15, 0.2) is 24.5 Å². The first-order chi connectivity index (χ1) is 7.83. The summed E-state index contributed by atoms with van der Waals surface area (Å²) in [5.74, 6) is 2.41. The number of hydrogen-bond acceptors (Lipinski definition) is 4. The smallest absolute Gasteiger partial charge is 0.0489 e. The molecule has 0 amide bonds. The van der Waals surface area contributed by atoms with Crippen molar-refractivity contribution >= 4 is 11.8 Å². The first kappa shape index (κ1) is 11.9. The van der Waals surface area contributed by atoms with E-state index in [2.05, 4.69) is 22.9 Å². The van der Waals surface area contributed by atoms with Gasteiger partial charge < -0.3 is 5.73 Å². The van der Waals surface area contributed by atoms with Crippen LogP contribution < -0.4 is 5.73 Å². The zero-order valence-corrected chi connectivity index (χ0v) is 10.5. The van der Waals surface area contributed by atoms with Crippen molar-refractivity contribution in [2.75, 3.05) is 24.6 Å². The number of hydrogen-bond donors (Lipinski definition) is 1. The average molecular weight is 237 g/mol. The SMILES string of the molecule is CC1CSCCN1C(CN)c1cccnc1. The Morgan fingerprint density at radius 1 is 1.69 bits per heavy atom. The summed E-state index contributed by atoms with van der Waals surface area (Å²) in [6.07, 6.45) is 3.75. The van der Waals surface area contributed by atoms with Crippen LogP contribution in [0.1, 0.15) is 18.5 Å². The van der Waals surface area contributed by atoms with E-state index in [1.807, 2.05) is 30.2 Å². The molecule has 0 radical (unpaired) electrons. The number of thioether (sulfide) groups is 1. The third-order valence-electron chi connectivity index (χ3n) is 3.11. The largest absolute Gasteiger partial charge is 0.329 e. The first-order valence-corrected chi connectivity index (χ1v) is 6.92. The van der Waals surface area contributed by atoms with E-state index < -0.39 is 0 Å². The molecule has 2 heterocycles. The quantitative estimate of drug-likeness (QED) is 0.865. The lowest BCUT2D eigenvalue weighted by Gasteiger charge is -2.39. The molecule has 88 valence electrons. The molecule has 2 atom stereocenters. The summed E-state index contributed by atoms with van der Waals surface area (Å²) >= 11 is 2.03. The van der Waals surface area contributed by atoms with Crippen LogP contribution in [-0.4, -0.2) is 40.5 Å². The van der Waals surface area contributed by atoms with E-state index in [1.165, 1.54) is 17.1 Å². The third kappa shape index (κ3) is 2.56. The third-order valence-corrected chi connectivity index (χ3v) is 4.30. The van der Waals surface area contributed by atoms with Gasteiger partial charge in [-0.25, -0.2) is 0 Å². The summed E-state index contributed by atoms with van der Waals surface area (Å²) in [6, 6.07) is 5.04. The fourth-order valence-corrected chi connectivity index (χ4v) is 3.28. The summed E-state index contributed by atoms with van der Waals surface area (Å²) in [5.41, 5.74) is 7.16. The van der Waals surface area contributed by atoms with Crippen LogP contribution in [0.3, 0.4) is 0 Å². The van der Waals surface area contributed by atoms with Crippen LogP contribution >= 0.6 is 11.8 Å². The number of pyridine rings is 1. The van der Waals surface area contributed by atoms with Gasteiger partial charge in [-0.2, -0.15) is 11.8 Å². The van der Waals surface area contributed by atoms with Gasteiger partial charge in [0.1, 0.15) is 0 Å². The van der Waals surface area contributed by atoms with E-state index in [4.69, 9.17) is 5.73 Å². The maximum atomic E-state index is 5.92. The van der Waals surface area contributed by atoms with E-state index in [0.29, 0.717) is 18.6 Å². The van der Waals surface area contributed by atoms with Crippen LogP contribution in [0.2, 0.25) is 0 Å². The Bertz CT molecular complexity index is 317. The van der Waals surface area contributed by atoms with Gasteiger partial charge in [0.05, 0.1) is 0 Å². The molecule has 1 aliphatic heterocycles. The van der Waals surface area contributed by atoms with Crippen LogP contribution in [0.25, 0.3) is 0 Å². The van der Waals surface area contributed by atoms with Gasteiger partial charge in [0.2, 0.25) is 0 Å². The van der Waals surface area contributed by atoms with Gasteiger partial charge in [-0.3, -0.25) is 9.88 Å². The van der Waals surface area contributed by atoms with E-state index in [-0.39, 0.29) is 0 Å². The normalized spacial score (nSPS) is 24.2. The molecule has 0 saturated carbocycles. The molecule has 0 aliphatic carbocycles. The maximum absolute atomic E-state index is 5.92. The molecule has 16 heavy (non-hydrogen) atoms. The summed E-state index contributed by atoms with van der Waals surface area (Å²) in [6.45, 7) is 4.08. The van der Waals surface area contributed by atoms with Crippen molar-refractivity contribution in [1.29, 1.82) is 0 Å². The molecule has 1 fully saturated rings. The second-order valence-corrected chi connectivity index (χ2v) is 5.35. The van der Waals surface area contributed by atoms with Gasteiger partial charge >= 0.3 is 0 Å². The Hall–Kier alpha value is -0.580. The fraction of sp³-hybridized carbons (Fsp3) is 0.583. The molecule has 1 saturated heterocycles. The molecule has 2 rings (SSSR count). The molecule has 3 nitrogen and oxygen atoms in total. The van der Waals surface area contributed by atoms with Crippen molar-refractivity contribution < 1.29 is 0 Å². The van der Waals surface area contributed by atoms with Crippen LogP contribution in [-0.2, 0) is 0 Å². The Labute approximate surface area is 101 Å². The molecule has 1 aliphatic rings. The fourth-order valence-electron chi connectivity index (χ4n) is 2.24. The summed E-state index contributed by atoms with van der Waals surface area (Å²) in [4.78, 5) is 6.69. The van der Waals surface area contributed by atoms with Gasteiger partial charge in [0.15, 0.2) is 0 Å². The Kier molecular flexibility index (Phi) is 4.21. The molecule has 2 N–H and O–H groups in total. The van der Waals surface area contributed by atoms with Gasteiger partial charge in [-0.05, 0) is 18.6 Å². The number of nitrogens with zero attached hydrogens (tertiary/aromatic N) is 2. The van der Waals surface area contributed by atoms with Crippen molar-refractivity contribution in [3.8, 4) is 0 Å². The predicted octanol–water partition coefficient (Wildman–Crippen LogP) is 1.52. The second kappa shape index (κ2) is 5.66. The van der Waals surface area contributed by atoms with Crippen molar-refractivity contribution in [2.45, 2.75) is 19.0 Å². The van der Waals surface area contributed by atoms with Crippen molar-refractivity contribution in [1.82, 2.24) is 9.88 Å². The van der Waals surface area contributed by atoms with E-state index in [0.717, 1.165) is 6.54 Å². The Morgan fingerprint density at radius 2 is 2.56 bits per heavy atom. The molecule has 4 heteroatoms. The zero-order chi connectivity index (χ0) is 11.4. The molecule has 2 unspecified atom stereocenters. The standard InChI is InChI=1S/C12H19N3S/c1-10-9-16-6-5-15(10)12(7-13)11-3-2-4-14-8-11/h2-4,8,10,12H,5-7,9,13H2,1H3.